The third-order valence-electron chi connectivity index (χ3n) is 2.90. The Kier molecular flexibility index (Phi) is 5.11. The summed E-state index contributed by atoms with van der Waals surface area (Å²) in [6, 6.07) is 3.07. The number of nitrogens with zero attached hydrogens (tertiary/aromatic N) is 2. The van der Waals surface area contributed by atoms with Crippen LogP contribution < -0.4 is 0 Å². The van der Waals surface area contributed by atoms with E-state index in [4.69, 9.17) is 16.7 Å². The fourth-order valence-electron chi connectivity index (χ4n) is 1.46. The van der Waals surface area contributed by atoms with Crippen LogP contribution in [0.4, 0.5) is 0 Å². The van der Waals surface area contributed by atoms with Crippen LogP contribution in [0.3, 0.4) is 0 Å². The fraction of sp³-hybridized carbons (Fsp3) is 0.538. The van der Waals surface area contributed by atoms with Crippen molar-refractivity contribution in [3.63, 3.8) is 0 Å². The summed E-state index contributed by atoms with van der Waals surface area (Å²) in [6.07, 6.45) is 0. The standard InChI is InChI=1S/C13H19ClN2O2/c1-8(2)11-5-10(6-12(14)15-11)13(18)16(4)9(3)7-17/h5-6,8-9,17H,7H2,1-4H3. The Balaban J connectivity index is 3.06. The van der Waals surface area contributed by atoms with E-state index in [9.17, 15) is 4.79 Å². The maximum Gasteiger partial charge on any atom is 0.254 e. The Morgan fingerprint density at radius 2 is 2.06 bits per heavy atom. The zero-order valence-corrected chi connectivity index (χ0v) is 11.9. The Morgan fingerprint density at radius 1 is 1.44 bits per heavy atom. The van der Waals surface area contributed by atoms with E-state index in [2.05, 4.69) is 4.98 Å². The molecule has 0 aliphatic heterocycles. The molecule has 0 radical (unpaired) electrons. The summed E-state index contributed by atoms with van der Waals surface area (Å²) in [5, 5.41) is 9.38. The first kappa shape index (κ1) is 14.9. The molecule has 1 heterocycles. The summed E-state index contributed by atoms with van der Waals surface area (Å²) in [7, 11) is 1.66. The second-order valence-corrected chi connectivity index (χ2v) is 5.09. The highest BCUT2D eigenvalue weighted by Crippen LogP contribution is 2.19. The quantitative estimate of drug-likeness (QED) is 0.855. The first-order valence-electron chi connectivity index (χ1n) is 5.92. The SMILES string of the molecule is CC(C)c1cc(C(=O)N(C)C(C)CO)cc(Cl)n1. The molecule has 0 bridgehead atoms. The van der Waals surface area contributed by atoms with Gasteiger partial charge in [-0.15, -0.1) is 0 Å². The Hall–Kier alpha value is -1.13. The first-order chi connectivity index (χ1) is 8.36. The summed E-state index contributed by atoms with van der Waals surface area (Å²) in [6.45, 7) is 5.70. The van der Waals surface area contributed by atoms with Crippen molar-refractivity contribution >= 4 is 17.5 Å². The summed E-state index contributed by atoms with van der Waals surface area (Å²) in [5.74, 6) is 0.0403. The molecule has 0 saturated heterocycles. The van der Waals surface area contributed by atoms with Gasteiger partial charge in [-0.05, 0) is 25.0 Å². The van der Waals surface area contributed by atoms with E-state index < -0.39 is 0 Å². The molecule has 0 spiro atoms. The molecule has 5 heteroatoms. The van der Waals surface area contributed by atoms with Crippen LogP contribution in [0.5, 0.6) is 0 Å². The maximum absolute atomic E-state index is 12.2. The molecular formula is C13H19ClN2O2. The van der Waals surface area contributed by atoms with E-state index in [1.807, 2.05) is 13.8 Å². The number of aliphatic hydroxyl groups is 1. The fourth-order valence-corrected chi connectivity index (χ4v) is 1.68. The number of carbonyl (C=O) groups excluding carboxylic acids is 1. The van der Waals surface area contributed by atoms with Crippen LogP contribution in [0.25, 0.3) is 0 Å². The smallest absolute Gasteiger partial charge is 0.254 e. The highest BCUT2D eigenvalue weighted by molar-refractivity contribution is 6.29. The molecule has 1 atom stereocenters. The lowest BCUT2D eigenvalue weighted by molar-refractivity contribution is 0.0682. The van der Waals surface area contributed by atoms with Gasteiger partial charge in [0.25, 0.3) is 5.91 Å². The molecule has 100 valence electrons. The normalized spacial score (nSPS) is 12.6. The van der Waals surface area contributed by atoms with E-state index in [1.165, 1.54) is 4.90 Å². The topological polar surface area (TPSA) is 53.4 Å². The molecule has 0 saturated carbocycles. The minimum atomic E-state index is -0.230. The summed E-state index contributed by atoms with van der Waals surface area (Å²) in [5.41, 5.74) is 1.29. The number of amides is 1. The van der Waals surface area contributed by atoms with Crippen molar-refractivity contribution in [1.29, 1.82) is 0 Å². The molecule has 0 aromatic carbocycles. The van der Waals surface area contributed by atoms with Crippen LogP contribution in [-0.2, 0) is 0 Å². The van der Waals surface area contributed by atoms with Gasteiger partial charge in [0.2, 0.25) is 0 Å². The minimum Gasteiger partial charge on any atom is -0.394 e. The lowest BCUT2D eigenvalue weighted by Gasteiger charge is -2.23. The van der Waals surface area contributed by atoms with Crippen LogP contribution >= 0.6 is 11.6 Å². The lowest BCUT2D eigenvalue weighted by Crippen LogP contribution is -2.37. The number of rotatable bonds is 4. The van der Waals surface area contributed by atoms with Crippen LogP contribution in [0, 0.1) is 0 Å². The van der Waals surface area contributed by atoms with E-state index in [1.54, 1.807) is 26.1 Å². The van der Waals surface area contributed by atoms with Crippen LogP contribution in [0.2, 0.25) is 5.15 Å². The lowest BCUT2D eigenvalue weighted by atomic mass is 10.1. The van der Waals surface area contributed by atoms with Gasteiger partial charge in [-0.1, -0.05) is 25.4 Å². The number of carbonyl (C=O) groups is 1. The number of hydrogen-bond donors (Lipinski definition) is 1. The van der Waals surface area contributed by atoms with Gasteiger partial charge in [0.15, 0.2) is 0 Å². The van der Waals surface area contributed by atoms with Gasteiger partial charge in [0.1, 0.15) is 5.15 Å². The Morgan fingerprint density at radius 3 is 2.56 bits per heavy atom. The molecule has 1 N–H and O–H groups in total. The largest absolute Gasteiger partial charge is 0.394 e. The van der Waals surface area contributed by atoms with Crippen molar-refractivity contribution in [1.82, 2.24) is 9.88 Å². The third-order valence-corrected chi connectivity index (χ3v) is 3.09. The van der Waals surface area contributed by atoms with Crippen molar-refractivity contribution in [2.24, 2.45) is 0 Å². The summed E-state index contributed by atoms with van der Waals surface area (Å²) in [4.78, 5) is 17.9. The van der Waals surface area contributed by atoms with Crippen molar-refractivity contribution < 1.29 is 9.90 Å². The van der Waals surface area contributed by atoms with Gasteiger partial charge in [0, 0.05) is 18.3 Å². The maximum atomic E-state index is 12.2. The van der Waals surface area contributed by atoms with Crippen molar-refractivity contribution in [3.8, 4) is 0 Å². The molecule has 1 aromatic rings. The van der Waals surface area contributed by atoms with Crippen LogP contribution in [0.1, 0.15) is 42.7 Å². The first-order valence-corrected chi connectivity index (χ1v) is 6.30. The highest BCUT2D eigenvalue weighted by Gasteiger charge is 2.18. The van der Waals surface area contributed by atoms with Gasteiger partial charge in [-0.2, -0.15) is 0 Å². The van der Waals surface area contributed by atoms with Crippen molar-refractivity contribution in [2.45, 2.75) is 32.7 Å². The number of aliphatic hydroxyl groups excluding tert-OH is 1. The van der Waals surface area contributed by atoms with E-state index in [0.717, 1.165) is 5.69 Å². The Bertz CT molecular complexity index is 435. The van der Waals surface area contributed by atoms with Crippen LogP contribution in [-0.4, -0.2) is 40.6 Å². The monoisotopic (exact) mass is 270 g/mol. The molecular weight excluding hydrogens is 252 g/mol. The average molecular weight is 271 g/mol. The minimum absolute atomic E-state index is 0.0713. The molecule has 1 amide bonds. The zero-order valence-electron chi connectivity index (χ0n) is 11.1. The highest BCUT2D eigenvalue weighted by atomic mass is 35.5. The average Bonchev–Trinajstić information content (AvgIpc) is 2.35. The van der Waals surface area contributed by atoms with Crippen molar-refractivity contribution in [2.75, 3.05) is 13.7 Å². The van der Waals surface area contributed by atoms with E-state index in [0.29, 0.717) is 10.7 Å². The van der Waals surface area contributed by atoms with Gasteiger partial charge < -0.3 is 10.0 Å². The zero-order chi connectivity index (χ0) is 13.9. The van der Waals surface area contributed by atoms with Crippen LogP contribution in [0.15, 0.2) is 12.1 Å². The molecule has 1 rings (SSSR count). The third kappa shape index (κ3) is 3.43. The molecule has 1 aromatic heterocycles. The van der Waals surface area contributed by atoms with E-state index >= 15 is 0 Å². The molecule has 0 aliphatic rings. The summed E-state index contributed by atoms with van der Waals surface area (Å²) >= 11 is 5.93. The molecule has 1 unspecified atom stereocenters. The van der Waals surface area contributed by atoms with Gasteiger partial charge in [-0.3, -0.25) is 4.79 Å². The summed E-state index contributed by atoms with van der Waals surface area (Å²) < 4.78 is 0. The van der Waals surface area contributed by atoms with Gasteiger partial charge >= 0.3 is 0 Å². The molecule has 0 fully saturated rings. The van der Waals surface area contributed by atoms with E-state index in [-0.39, 0.29) is 24.5 Å². The molecule has 0 aliphatic carbocycles. The number of hydrogen-bond acceptors (Lipinski definition) is 3. The second-order valence-electron chi connectivity index (χ2n) is 4.71. The number of pyridine rings is 1. The number of likely N-dealkylation sites (N-methyl/N-ethyl adjacent to an activating group) is 1. The predicted molar refractivity (Wildman–Crippen MR) is 72.0 cm³/mol. The predicted octanol–water partition coefficient (Wildman–Crippen LogP) is 2.31. The molecule has 4 nitrogen and oxygen atoms in total. The van der Waals surface area contributed by atoms with Gasteiger partial charge in [0.05, 0.1) is 12.6 Å². The second kappa shape index (κ2) is 6.16. The van der Waals surface area contributed by atoms with Gasteiger partial charge in [-0.25, -0.2) is 4.98 Å². The number of halogens is 1. The number of aromatic nitrogens is 1. The Labute approximate surface area is 113 Å². The van der Waals surface area contributed by atoms with Crippen molar-refractivity contribution in [3.05, 3.63) is 28.5 Å². The molecule has 18 heavy (non-hydrogen) atoms.